The number of nitrogens with zero attached hydrogens (tertiary/aromatic N) is 1. The Kier molecular flexibility index (Phi) is 4.00. The van der Waals surface area contributed by atoms with Crippen LogP contribution in [0.2, 0.25) is 0 Å². The van der Waals surface area contributed by atoms with Crippen LogP contribution in [0.25, 0.3) is 0 Å². The molecule has 0 heterocycles. The van der Waals surface area contributed by atoms with Crippen LogP contribution in [-0.2, 0) is 0 Å². The summed E-state index contributed by atoms with van der Waals surface area (Å²) >= 11 is 0. The van der Waals surface area contributed by atoms with E-state index in [1.807, 2.05) is 0 Å². The maximum absolute atomic E-state index is 13.5. The van der Waals surface area contributed by atoms with Crippen molar-refractivity contribution in [1.29, 1.82) is 0 Å². The Morgan fingerprint density at radius 1 is 1.39 bits per heavy atom. The van der Waals surface area contributed by atoms with Crippen molar-refractivity contribution in [3.8, 4) is 0 Å². The predicted molar refractivity (Wildman–Crippen MR) is 71.6 cm³/mol. The van der Waals surface area contributed by atoms with E-state index in [2.05, 4.69) is 18.7 Å². The number of carbonyl (C=O) groups excluding carboxylic acids is 1. The predicted octanol–water partition coefficient (Wildman–Crippen LogP) is 3.65. The monoisotopic (exact) mass is 249 g/mol. The van der Waals surface area contributed by atoms with E-state index in [0.29, 0.717) is 23.8 Å². The van der Waals surface area contributed by atoms with E-state index >= 15 is 0 Å². The lowest BCUT2D eigenvalue weighted by atomic mass is 10.1. The number of anilines is 1. The topological polar surface area (TPSA) is 20.3 Å². The average Bonchev–Trinajstić information content (AvgIpc) is 3.12. The molecule has 0 unspecified atom stereocenters. The zero-order valence-corrected chi connectivity index (χ0v) is 11.0. The van der Waals surface area contributed by atoms with Gasteiger partial charge in [-0.05, 0) is 43.4 Å². The first-order chi connectivity index (χ1) is 8.60. The Morgan fingerprint density at radius 3 is 2.67 bits per heavy atom. The molecular weight excluding hydrogens is 229 g/mol. The highest BCUT2D eigenvalue weighted by molar-refractivity contribution is 5.77. The lowest BCUT2D eigenvalue weighted by molar-refractivity contribution is 0.112. The van der Waals surface area contributed by atoms with Gasteiger partial charge in [0.1, 0.15) is 12.1 Å². The molecular formula is C15H20FNO. The molecule has 0 radical (unpaired) electrons. The molecule has 1 aliphatic carbocycles. The second kappa shape index (κ2) is 5.51. The van der Waals surface area contributed by atoms with Gasteiger partial charge in [0.05, 0.1) is 0 Å². The third-order valence-corrected chi connectivity index (χ3v) is 3.31. The van der Waals surface area contributed by atoms with E-state index in [1.165, 1.54) is 25.0 Å². The maximum Gasteiger partial charge on any atom is 0.150 e. The van der Waals surface area contributed by atoms with Gasteiger partial charge >= 0.3 is 0 Å². The molecule has 0 N–H and O–H groups in total. The Labute approximate surface area is 108 Å². The molecule has 98 valence electrons. The summed E-state index contributed by atoms with van der Waals surface area (Å²) in [5.41, 5.74) is 1.26. The quantitative estimate of drug-likeness (QED) is 0.717. The van der Waals surface area contributed by atoms with Crippen molar-refractivity contribution in [2.24, 2.45) is 5.92 Å². The standard InChI is InChI=1S/C15H20FNO/c1-11(2)5-6-17(14-3-4-14)15-8-12(10-18)7-13(16)9-15/h7-11,14H,3-6H2,1-2H3. The van der Waals surface area contributed by atoms with Crippen LogP contribution < -0.4 is 4.90 Å². The van der Waals surface area contributed by atoms with E-state index < -0.39 is 0 Å². The molecule has 0 spiro atoms. The van der Waals surface area contributed by atoms with Gasteiger partial charge in [0.2, 0.25) is 0 Å². The summed E-state index contributed by atoms with van der Waals surface area (Å²) in [6.45, 7) is 5.31. The molecule has 0 atom stereocenters. The molecule has 1 saturated carbocycles. The highest BCUT2D eigenvalue weighted by Crippen LogP contribution is 2.32. The Balaban J connectivity index is 2.19. The van der Waals surface area contributed by atoms with E-state index in [9.17, 15) is 9.18 Å². The summed E-state index contributed by atoms with van der Waals surface area (Å²) < 4.78 is 13.5. The molecule has 0 aromatic heterocycles. The second-order valence-electron chi connectivity index (χ2n) is 5.47. The average molecular weight is 249 g/mol. The van der Waals surface area contributed by atoms with Crippen molar-refractivity contribution in [2.75, 3.05) is 11.4 Å². The van der Waals surface area contributed by atoms with Crippen LogP contribution >= 0.6 is 0 Å². The summed E-state index contributed by atoms with van der Waals surface area (Å²) in [6, 6.07) is 5.13. The number of hydrogen-bond acceptors (Lipinski definition) is 2. The van der Waals surface area contributed by atoms with Gasteiger partial charge < -0.3 is 4.90 Å². The van der Waals surface area contributed by atoms with Crippen LogP contribution in [0.4, 0.5) is 10.1 Å². The fourth-order valence-electron chi connectivity index (χ4n) is 2.14. The number of carbonyl (C=O) groups is 1. The van der Waals surface area contributed by atoms with Gasteiger partial charge in [0.25, 0.3) is 0 Å². The van der Waals surface area contributed by atoms with Crippen LogP contribution in [0.3, 0.4) is 0 Å². The number of hydrogen-bond donors (Lipinski definition) is 0. The highest BCUT2D eigenvalue weighted by atomic mass is 19.1. The molecule has 0 bridgehead atoms. The first-order valence-corrected chi connectivity index (χ1v) is 6.62. The lowest BCUT2D eigenvalue weighted by Crippen LogP contribution is -2.27. The molecule has 0 aliphatic heterocycles. The molecule has 0 saturated heterocycles. The van der Waals surface area contributed by atoms with Crippen molar-refractivity contribution < 1.29 is 9.18 Å². The minimum absolute atomic E-state index is 0.329. The largest absolute Gasteiger partial charge is 0.368 e. The van der Waals surface area contributed by atoms with Crippen molar-refractivity contribution in [1.82, 2.24) is 0 Å². The summed E-state index contributed by atoms with van der Waals surface area (Å²) in [4.78, 5) is 13.0. The molecule has 2 rings (SSSR count). The molecule has 0 amide bonds. The number of benzene rings is 1. The van der Waals surface area contributed by atoms with Crippen LogP contribution in [0.1, 0.15) is 43.5 Å². The summed E-state index contributed by atoms with van der Waals surface area (Å²) in [5, 5.41) is 0. The fraction of sp³-hybridized carbons (Fsp3) is 0.533. The third-order valence-electron chi connectivity index (χ3n) is 3.31. The number of rotatable bonds is 6. The van der Waals surface area contributed by atoms with Gasteiger partial charge in [-0.2, -0.15) is 0 Å². The fourth-order valence-corrected chi connectivity index (χ4v) is 2.14. The number of aldehydes is 1. The summed E-state index contributed by atoms with van der Waals surface area (Å²) in [6.07, 6.45) is 4.14. The van der Waals surface area contributed by atoms with Crippen molar-refractivity contribution in [3.63, 3.8) is 0 Å². The van der Waals surface area contributed by atoms with Crippen molar-refractivity contribution in [2.45, 2.75) is 39.2 Å². The molecule has 2 nitrogen and oxygen atoms in total. The van der Waals surface area contributed by atoms with Gasteiger partial charge in [0, 0.05) is 23.8 Å². The lowest BCUT2D eigenvalue weighted by Gasteiger charge is -2.26. The highest BCUT2D eigenvalue weighted by Gasteiger charge is 2.29. The zero-order chi connectivity index (χ0) is 13.1. The Morgan fingerprint density at radius 2 is 2.11 bits per heavy atom. The van der Waals surface area contributed by atoms with E-state index in [4.69, 9.17) is 0 Å². The van der Waals surface area contributed by atoms with Crippen LogP contribution in [0.15, 0.2) is 18.2 Å². The molecule has 1 aromatic rings. The van der Waals surface area contributed by atoms with Crippen molar-refractivity contribution in [3.05, 3.63) is 29.6 Å². The molecule has 18 heavy (non-hydrogen) atoms. The van der Waals surface area contributed by atoms with Gasteiger partial charge in [-0.1, -0.05) is 13.8 Å². The zero-order valence-electron chi connectivity index (χ0n) is 11.0. The van der Waals surface area contributed by atoms with E-state index in [1.54, 1.807) is 6.07 Å². The van der Waals surface area contributed by atoms with Crippen LogP contribution in [0.5, 0.6) is 0 Å². The second-order valence-corrected chi connectivity index (χ2v) is 5.47. The van der Waals surface area contributed by atoms with Gasteiger partial charge in [-0.3, -0.25) is 4.79 Å². The first-order valence-electron chi connectivity index (χ1n) is 6.62. The third kappa shape index (κ3) is 3.31. The van der Waals surface area contributed by atoms with E-state index in [-0.39, 0.29) is 5.82 Å². The summed E-state index contributed by atoms with van der Waals surface area (Å²) in [5.74, 6) is 0.301. The van der Waals surface area contributed by atoms with Crippen LogP contribution in [-0.4, -0.2) is 18.9 Å². The first kappa shape index (κ1) is 13.1. The normalized spacial score (nSPS) is 14.9. The minimum atomic E-state index is -0.329. The van der Waals surface area contributed by atoms with Crippen LogP contribution in [0, 0.1) is 11.7 Å². The van der Waals surface area contributed by atoms with Gasteiger partial charge in [0.15, 0.2) is 0 Å². The Hall–Kier alpha value is -1.38. The van der Waals surface area contributed by atoms with E-state index in [0.717, 1.165) is 18.7 Å². The Bertz CT molecular complexity index is 427. The molecule has 1 aromatic carbocycles. The molecule has 1 fully saturated rings. The minimum Gasteiger partial charge on any atom is -0.368 e. The molecule has 1 aliphatic rings. The SMILES string of the molecule is CC(C)CCN(c1cc(F)cc(C=O)c1)C1CC1. The smallest absolute Gasteiger partial charge is 0.150 e. The van der Waals surface area contributed by atoms with Crippen molar-refractivity contribution >= 4 is 12.0 Å². The maximum atomic E-state index is 13.5. The van der Waals surface area contributed by atoms with Gasteiger partial charge in [-0.25, -0.2) is 4.39 Å². The number of halogens is 1. The summed E-state index contributed by atoms with van der Waals surface area (Å²) in [7, 11) is 0. The molecule has 3 heteroatoms. The van der Waals surface area contributed by atoms with Gasteiger partial charge in [-0.15, -0.1) is 0 Å².